The summed E-state index contributed by atoms with van der Waals surface area (Å²) in [6.45, 7) is 0.525. The van der Waals surface area contributed by atoms with Crippen LogP contribution in [0.5, 0.6) is 0 Å². The molecule has 1 saturated carbocycles. The molecular formula is C11H18N4O7S. The van der Waals surface area contributed by atoms with Crippen molar-refractivity contribution in [3.8, 4) is 0 Å². The lowest BCUT2D eigenvalue weighted by Gasteiger charge is -2.35. The van der Waals surface area contributed by atoms with E-state index in [0.717, 1.165) is 12.8 Å². The van der Waals surface area contributed by atoms with Gasteiger partial charge in [-0.05, 0) is 24.7 Å². The second kappa shape index (κ2) is 5.56. The molecule has 3 rings (SSSR count). The fourth-order valence-electron chi connectivity index (χ4n) is 3.30. The summed E-state index contributed by atoms with van der Waals surface area (Å²) in [5.74, 6) is -0.495. The lowest BCUT2D eigenvalue weighted by molar-refractivity contribution is -0.139. The van der Waals surface area contributed by atoms with Crippen molar-refractivity contribution in [1.29, 1.82) is 0 Å². The third-order valence-corrected chi connectivity index (χ3v) is 4.88. The van der Waals surface area contributed by atoms with E-state index in [1.807, 2.05) is 0 Å². The van der Waals surface area contributed by atoms with Gasteiger partial charge in [0.25, 0.3) is 5.91 Å². The lowest BCUT2D eigenvalue weighted by atomic mass is 9.85. The average Bonchev–Trinajstić information content (AvgIpc) is 3.18. The minimum absolute atomic E-state index is 0.137. The molecule has 3 aliphatic rings. The van der Waals surface area contributed by atoms with Gasteiger partial charge in [0.15, 0.2) is 0 Å². The van der Waals surface area contributed by atoms with Crippen molar-refractivity contribution in [2.45, 2.75) is 31.3 Å². The van der Waals surface area contributed by atoms with Gasteiger partial charge in [0.2, 0.25) is 0 Å². The van der Waals surface area contributed by atoms with Crippen LogP contribution in [0.3, 0.4) is 0 Å². The molecule has 12 heteroatoms. The summed E-state index contributed by atoms with van der Waals surface area (Å²) >= 11 is 0. The van der Waals surface area contributed by atoms with E-state index in [1.54, 1.807) is 0 Å². The van der Waals surface area contributed by atoms with E-state index in [2.05, 4.69) is 9.76 Å². The van der Waals surface area contributed by atoms with Crippen LogP contribution in [-0.2, 0) is 24.3 Å². The van der Waals surface area contributed by atoms with Gasteiger partial charge in [-0.3, -0.25) is 14.2 Å². The van der Waals surface area contributed by atoms with Crippen molar-refractivity contribution in [3.05, 3.63) is 0 Å². The molecule has 4 N–H and O–H groups in total. The Morgan fingerprint density at radius 2 is 2.17 bits per heavy atom. The molecule has 2 bridgehead atoms. The number of carbonyl (C=O) groups is 2. The molecule has 1 aliphatic carbocycles. The standard InChI is InChI=1S/C11H18N4O7S/c12-3-4-21-13-9(16)7-5-11(1-2-11)8-6-14(7)10(17)15(8)22-23(18,19)20/h7-8H,1-6,12H2,(H,13,16)(H,18,19,20). The van der Waals surface area contributed by atoms with Gasteiger partial charge in [0, 0.05) is 13.1 Å². The molecule has 1 spiro atoms. The molecule has 2 atom stereocenters. The van der Waals surface area contributed by atoms with E-state index in [-0.39, 0.29) is 25.1 Å². The molecule has 0 aromatic heterocycles. The van der Waals surface area contributed by atoms with Crippen molar-refractivity contribution in [1.82, 2.24) is 15.4 Å². The third-order valence-electron chi connectivity index (χ3n) is 4.53. The van der Waals surface area contributed by atoms with E-state index in [4.69, 9.17) is 15.1 Å². The number of nitrogens with two attached hydrogens (primary N) is 1. The first kappa shape index (κ1) is 16.4. The Balaban J connectivity index is 1.77. The number of amides is 3. The Kier molecular flexibility index (Phi) is 3.96. The largest absolute Gasteiger partial charge is 0.418 e. The molecule has 130 valence electrons. The van der Waals surface area contributed by atoms with Crippen LogP contribution in [0.1, 0.15) is 19.3 Å². The Bertz CT molecular complexity index is 620. The molecule has 0 radical (unpaired) electrons. The summed E-state index contributed by atoms with van der Waals surface area (Å²) in [5, 5.41) is 0.663. The number of hydrogen-bond donors (Lipinski definition) is 3. The lowest BCUT2D eigenvalue weighted by Crippen LogP contribution is -2.52. The third kappa shape index (κ3) is 2.99. The monoisotopic (exact) mass is 350 g/mol. The highest BCUT2D eigenvalue weighted by atomic mass is 32.3. The maximum atomic E-state index is 12.3. The molecule has 3 amide bonds. The maximum absolute atomic E-state index is 12.3. The Morgan fingerprint density at radius 1 is 1.48 bits per heavy atom. The van der Waals surface area contributed by atoms with E-state index in [1.165, 1.54) is 4.90 Å². The van der Waals surface area contributed by atoms with Crippen LogP contribution in [-0.4, -0.2) is 66.7 Å². The highest BCUT2D eigenvalue weighted by Crippen LogP contribution is 2.59. The van der Waals surface area contributed by atoms with Crippen LogP contribution in [0.15, 0.2) is 0 Å². The van der Waals surface area contributed by atoms with Crippen LogP contribution in [0, 0.1) is 5.41 Å². The summed E-state index contributed by atoms with van der Waals surface area (Å²) in [6, 6.07) is -2.06. The van der Waals surface area contributed by atoms with Crippen LogP contribution in [0.4, 0.5) is 4.79 Å². The van der Waals surface area contributed by atoms with Gasteiger partial charge < -0.3 is 10.6 Å². The number of fused-ring (bicyclic) bond motifs is 3. The summed E-state index contributed by atoms with van der Waals surface area (Å²) in [4.78, 5) is 30.7. The van der Waals surface area contributed by atoms with Crippen LogP contribution in [0.25, 0.3) is 0 Å². The summed E-state index contributed by atoms with van der Waals surface area (Å²) in [6.07, 6.45) is 1.88. The first-order chi connectivity index (χ1) is 10.8. The fourth-order valence-corrected chi connectivity index (χ4v) is 3.67. The average molecular weight is 350 g/mol. The molecule has 2 aliphatic heterocycles. The quantitative estimate of drug-likeness (QED) is 0.294. The fraction of sp³-hybridized carbons (Fsp3) is 0.818. The van der Waals surface area contributed by atoms with E-state index in [0.29, 0.717) is 11.5 Å². The number of hydroxylamine groups is 3. The first-order valence-electron chi connectivity index (χ1n) is 7.16. The molecular weight excluding hydrogens is 332 g/mol. The Hall–Kier alpha value is -1.47. The van der Waals surface area contributed by atoms with Gasteiger partial charge in [-0.2, -0.15) is 13.5 Å². The van der Waals surface area contributed by atoms with Gasteiger partial charge in [-0.25, -0.2) is 10.3 Å². The number of rotatable bonds is 6. The molecule has 11 nitrogen and oxygen atoms in total. The zero-order valence-corrected chi connectivity index (χ0v) is 13.0. The van der Waals surface area contributed by atoms with Crippen LogP contribution >= 0.6 is 0 Å². The van der Waals surface area contributed by atoms with Crippen molar-refractivity contribution in [2.24, 2.45) is 11.1 Å². The second-order valence-corrected chi connectivity index (χ2v) is 6.97. The molecule has 23 heavy (non-hydrogen) atoms. The smallest absolute Gasteiger partial charge is 0.328 e. The van der Waals surface area contributed by atoms with Crippen molar-refractivity contribution in [3.63, 3.8) is 0 Å². The number of hydrogen-bond acceptors (Lipinski definition) is 7. The normalized spacial score (nSPS) is 28.3. The predicted octanol–water partition coefficient (Wildman–Crippen LogP) is -1.61. The van der Waals surface area contributed by atoms with Crippen molar-refractivity contribution >= 4 is 22.3 Å². The topological polar surface area (TPSA) is 151 Å². The minimum Gasteiger partial charge on any atom is -0.328 e. The van der Waals surface area contributed by atoms with E-state index >= 15 is 0 Å². The van der Waals surface area contributed by atoms with Crippen LogP contribution < -0.4 is 11.2 Å². The Morgan fingerprint density at radius 3 is 2.74 bits per heavy atom. The summed E-state index contributed by atoms with van der Waals surface area (Å²) < 4.78 is 35.2. The zero-order valence-electron chi connectivity index (χ0n) is 12.2. The Labute approximate surface area is 132 Å². The van der Waals surface area contributed by atoms with Gasteiger partial charge in [0.1, 0.15) is 6.04 Å². The number of nitrogens with one attached hydrogen (secondary N) is 1. The van der Waals surface area contributed by atoms with Gasteiger partial charge >= 0.3 is 16.4 Å². The maximum Gasteiger partial charge on any atom is 0.418 e. The number of piperidine rings is 1. The predicted molar refractivity (Wildman–Crippen MR) is 73.6 cm³/mol. The minimum atomic E-state index is -4.82. The highest BCUT2D eigenvalue weighted by Gasteiger charge is 2.65. The molecule has 2 unspecified atom stereocenters. The molecule has 3 fully saturated rings. The van der Waals surface area contributed by atoms with Gasteiger partial charge in [0.05, 0.1) is 12.6 Å². The summed E-state index contributed by atoms with van der Waals surface area (Å²) in [5.41, 5.74) is 7.13. The second-order valence-electron chi connectivity index (χ2n) is 5.96. The highest BCUT2D eigenvalue weighted by molar-refractivity contribution is 7.80. The number of urea groups is 1. The van der Waals surface area contributed by atoms with Gasteiger partial charge in [-0.1, -0.05) is 0 Å². The molecule has 2 saturated heterocycles. The van der Waals surface area contributed by atoms with Crippen molar-refractivity contribution < 1.29 is 31.7 Å². The zero-order chi connectivity index (χ0) is 16.8. The van der Waals surface area contributed by atoms with Crippen LogP contribution in [0.2, 0.25) is 0 Å². The van der Waals surface area contributed by atoms with Crippen molar-refractivity contribution in [2.75, 3.05) is 19.7 Å². The van der Waals surface area contributed by atoms with E-state index < -0.39 is 34.4 Å². The first-order valence-corrected chi connectivity index (χ1v) is 8.52. The molecule has 0 aromatic carbocycles. The number of nitrogens with zero attached hydrogens (tertiary/aromatic N) is 2. The van der Waals surface area contributed by atoms with E-state index in [9.17, 15) is 18.0 Å². The number of carbonyl (C=O) groups excluding carboxylic acids is 2. The SMILES string of the molecule is NCCONC(=O)C1CC2(CC2)C2CN1C(=O)N2OS(=O)(=O)O. The van der Waals surface area contributed by atoms with Gasteiger partial charge in [-0.15, -0.1) is 4.28 Å². The molecule has 2 heterocycles. The summed E-state index contributed by atoms with van der Waals surface area (Å²) in [7, 11) is -4.82. The molecule has 0 aromatic rings.